The Morgan fingerprint density at radius 2 is 2.21 bits per heavy atom. The van der Waals surface area contributed by atoms with Crippen LogP contribution in [0.4, 0.5) is 4.39 Å². The Balaban J connectivity index is 1.68. The summed E-state index contributed by atoms with van der Waals surface area (Å²) in [6, 6.07) is 5.63. The first-order chi connectivity index (χ1) is 9.22. The van der Waals surface area contributed by atoms with Crippen molar-refractivity contribution in [1.82, 2.24) is 15.5 Å². The van der Waals surface area contributed by atoms with Gasteiger partial charge in [0.05, 0.1) is 5.56 Å². The molecule has 0 spiro atoms. The van der Waals surface area contributed by atoms with Crippen molar-refractivity contribution in [3.8, 4) is 11.5 Å². The zero-order valence-corrected chi connectivity index (χ0v) is 10.8. The van der Waals surface area contributed by atoms with Crippen LogP contribution in [0.5, 0.6) is 0 Å². The molecule has 0 unspecified atom stereocenters. The predicted octanol–water partition coefficient (Wildman–Crippen LogP) is 2.48. The van der Waals surface area contributed by atoms with Crippen LogP contribution in [0.1, 0.15) is 24.3 Å². The summed E-state index contributed by atoms with van der Waals surface area (Å²) in [5.74, 6) is 0.466. The van der Waals surface area contributed by atoms with Crippen molar-refractivity contribution in [2.45, 2.75) is 32.2 Å². The van der Waals surface area contributed by atoms with Crippen LogP contribution in [0, 0.1) is 12.7 Å². The van der Waals surface area contributed by atoms with E-state index in [1.807, 2.05) is 13.0 Å². The van der Waals surface area contributed by atoms with Gasteiger partial charge >= 0.3 is 0 Å². The van der Waals surface area contributed by atoms with Gasteiger partial charge in [0.1, 0.15) is 5.82 Å². The third-order valence-corrected chi connectivity index (χ3v) is 3.17. The van der Waals surface area contributed by atoms with E-state index in [1.165, 1.54) is 18.9 Å². The fourth-order valence-electron chi connectivity index (χ4n) is 1.93. The summed E-state index contributed by atoms with van der Waals surface area (Å²) in [6.07, 6.45) is 3.18. The summed E-state index contributed by atoms with van der Waals surface area (Å²) in [5, 5.41) is 11.2. The van der Waals surface area contributed by atoms with Gasteiger partial charge in [0, 0.05) is 19.0 Å². The molecule has 0 aliphatic heterocycles. The van der Waals surface area contributed by atoms with E-state index in [9.17, 15) is 4.39 Å². The molecule has 1 fully saturated rings. The lowest BCUT2D eigenvalue weighted by molar-refractivity contribution is 0.490. The second-order valence-electron chi connectivity index (χ2n) is 4.96. The minimum atomic E-state index is -0.327. The quantitative estimate of drug-likeness (QED) is 0.898. The van der Waals surface area contributed by atoms with Gasteiger partial charge in [-0.1, -0.05) is 6.07 Å². The van der Waals surface area contributed by atoms with Gasteiger partial charge in [-0.05, 0) is 37.5 Å². The van der Waals surface area contributed by atoms with E-state index < -0.39 is 0 Å². The molecule has 1 saturated carbocycles. The number of aromatic nitrogens is 2. The number of nitrogens with zero attached hydrogens (tertiary/aromatic N) is 2. The molecule has 0 saturated heterocycles. The molecule has 19 heavy (non-hydrogen) atoms. The third-order valence-electron chi connectivity index (χ3n) is 3.17. The van der Waals surface area contributed by atoms with Gasteiger partial charge in [0.2, 0.25) is 5.89 Å². The molecule has 4 nitrogen and oxygen atoms in total. The Hall–Kier alpha value is -1.75. The normalized spacial score (nSPS) is 14.8. The summed E-state index contributed by atoms with van der Waals surface area (Å²) in [6.45, 7) is 2.67. The molecule has 1 N–H and O–H groups in total. The molecule has 2 aromatic rings. The van der Waals surface area contributed by atoms with Gasteiger partial charge in [-0.3, -0.25) is 0 Å². The second-order valence-corrected chi connectivity index (χ2v) is 4.96. The topological polar surface area (TPSA) is 51.0 Å². The van der Waals surface area contributed by atoms with E-state index in [0.29, 0.717) is 23.9 Å². The van der Waals surface area contributed by atoms with E-state index in [2.05, 4.69) is 15.5 Å². The molecule has 1 heterocycles. The average Bonchev–Trinajstić information content (AvgIpc) is 3.07. The highest BCUT2D eigenvalue weighted by Crippen LogP contribution is 2.22. The van der Waals surface area contributed by atoms with Gasteiger partial charge in [0.25, 0.3) is 5.89 Å². The average molecular weight is 261 g/mol. The molecule has 3 rings (SSSR count). The van der Waals surface area contributed by atoms with Crippen LogP contribution >= 0.6 is 0 Å². The summed E-state index contributed by atoms with van der Waals surface area (Å²) in [4.78, 5) is 0. The van der Waals surface area contributed by atoms with E-state index in [-0.39, 0.29) is 11.7 Å². The van der Waals surface area contributed by atoms with Crippen molar-refractivity contribution >= 4 is 0 Å². The van der Waals surface area contributed by atoms with Gasteiger partial charge < -0.3 is 9.73 Å². The zero-order chi connectivity index (χ0) is 13.2. The van der Waals surface area contributed by atoms with E-state index >= 15 is 0 Å². The number of benzene rings is 1. The monoisotopic (exact) mass is 261 g/mol. The molecular formula is C14H16FN3O. The summed E-state index contributed by atoms with van der Waals surface area (Å²) in [7, 11) is 0. The van der Waals surface area contributed by atoms with Crippen molar-refractivity contribution in [2.75, 3.05) is 6.54 Å². The van der Waals surface area contributed by atoms with Crippen LogP contribution in [-0.2, 0) is 6.42 Å². The van der Waals surface area contributed by atoms with Crippen molar-refractivity contribution in [3.63, 3.8) is 0 Å². The van der Waals surface area contributed by atoms with Crippen LogP contribution in [0.15, 0.2) is 22.6 Å². The zero-order valence-electron chi connectivity index (χ0n) is 10.8. The Morgan fingerprint density at radius 3 is 2.95 bits per heavy atom. The lowest BCUT2D eigenvalue weighted by Crippen LogP contribution is -2.19. The molecule has 1 aliphatic rings. The van der Waals surface area contributed by atoms with E-state index in [0.717, 1.165) is 12.1 Å². The highest BCUT2D eigenvalue weighted by Gasteiger charge is 2.20. The fourth-order valence-corrected chi connectivity index (χ4v) is 1.93. The molecule has 1 aliphatic carbocycles. The van der Waals surface area contributed by atoms with Crippen molar-refractivity contribution in [1.29, 1.82) is 0 Å². The van der Waals surface area contributed by atoms with E-state index in [1.54, 1.807) is 6.07 Å². The molecule has 0 atom stereocenters. The fraction of sp³-hybridized carbons (Fsp3) is 0.429. The number of nitrogens with one attached hydrogen (secondary N) is 1. The van der Waals surface area contributed by atoms with Gasteiger partial charge in [-0.2, -0.15) is 0 Å². The predicted molar refractivity (Wildman–Crippen MR) is 69.2 cm³/mol. The Morgan fingerprint density at radius 1 is 1.37 bits per heavy atom. The summed E-state index contributed by atoms with van der Waals surface area (Å²) >= 11 is 0. The molecule has 1 aromatic heterocycles. The summed E-state index contributed by atoms with van der Waals surface area (Å²) < 4.78 is 19.3. The Kier molecular flexibility index (Phi) is 3.29. The maximum Gasteiger partial charge on any atom is 0.250 e. The minimum absolute atomic E-state index is 0.249. The first kappa shape index (κ1) is 12.3. The van der Waals surface area contributed by atoms with Crippen LogP contribution in [-0.4, -0.2) is 22.8 Å². The maximum atomic E-state index is 13.8. The Labute approximate surface area is 111 Å². The number of halogens is 1. The first-order valence-corrected chi connectivity index (χ1v) is 6.54. The third kappa shape index (κ3) is 2.98. The molecule has 1 aromatic carbocycles. The highest BCUT2D eigenvalue weighted by molar-refractivity contribution is 5.54. The summed E-state index contributed by atoms with van der Waals surface area (Å²) in [5.41, 5.74) is 1.23. The molecule has 100 valence electrons. The highest BCUT2D eigenvalue weighted by atomic mass is 19.1. The number of hydrogen-bond acceptors (Lipinski definition) is 4. The van der Waals surface area contributed by atoms with Crippen LogP contribution < -0.4 is 5.32 Å². The van der Waals surface area contributed by atoms with Gasteiger partial charge in [-0.15, -0.1) is 10.2 Å². The number of aryl methyl sites for hydroxylation is 1. The van der Waals surface area contributed by atoms with Crippen molar-refractivity contribution in [2.24, 2.45) is 0 Å². The largest absolute Gasteiger partial charge is 0.421 e. The lowest BCUT2D eigenvalue weighted by Gasteiger charge is -1.99. The van der Waals surface area contributed by atoms with E-state index in [4.69, 9.17) is 4.42 Å². The molecule has 5 heteroatoms. The molecule has 0 radical (unpaired) electrons. The van der Waals surface area contributed by atoms with Gasteiger partial charge in [-0.25, -0.2) is 4.39 Å². The van der Waals surface area contributed by atoms with Crippen LogP contribution in [0.3, 0.4) is 0 Å². The first-order valence-electron chi connectivity index (χ1n) is 6.54. The molecule has 0 bridgehead atoms. The van der Waals surface area contributed by atoms with Crippen molar-refractivity contribution in [3.05, 3.63) is 35.5 Å². The van der Waals surface area contributed by atoms with Gasteiger partial charge in [0.15, 0.2) is 0 Å². The smallest absolute Gasteiger partial charge is 0.250 e. The van der Waals surface area contributed by atoms with Crippen LogP contribution in [0.25, 0.3) is 11.5 Å². The van der Waals surface area contributed by atoms with Crippen molar-refractivity contribution < 1.29 is 8.81 Å². The standard InChI is InChI=1S/C14H16FN3O/c1-9-2-5-11(12(15)8-9)14-18-17-13(19-14)6-7-16-10-3-4-10/h2,5,8,10,16H,3-4,6-7H2,1H3. The molecule has 0 amide bonds. The SMILES string of the molecule is Cc1ccc(-c2nnc(CCNC3CC3)o2)c(F)c1. The number of rotatable bonds is 5. The molecular weight excluding hydrogens is 245 g/mol. The Bertz CT molecular complexity index is 578. The maximum absolute atomic E-state index is 13.8. The number of hydrogen-bond donors (Lipinski definition) is 1. The van der Waals surface area contributed by atoms with Crippen LogP contribution in [0.2, 0.25) is 0 Å². The lowest BCUT2D eigenvalue weighted by atomic mass is 10.1. The minimum Gasteiger partial charge on any atom is -0.421 e. The second kappa shape index (κ2) is 5.09.